The molecule has 3 rings (SSSR count). The molecule has 8 heteroatoms. The molecule has 0 aliphatic carbocycles. The first kappa shape index (κ1) is 16.2. The van der Waals surface area contributed by atoms with Gasteiger partial charge in [0, 0.05) is 24.5 Å². The molecule has 0 bridgehead atoms. The number of nitrogens with zero attached hydrogens (tertiary/aromatic N) is 3. The standard InChI is InChI=1S/C17H14N4O4/c1-25-16-8-7-12(21(23)24)11-14(16)19-17(22)13-5-2-3-6-15(13)20-10-4-9-18-20/h2-11H,1H3,(H,19,22). The summed E-state index contributed by atoms with van der Waals surface area (Å²) in [6, 6.07) is 12.7. The third kappa shape index (κ3) is 3.32. The molecule has 1 amide bonds. The molecule has 8 nitrogen and oxygen atoms in total. The van der Waals surface area contributed by atoms with Gasteiger partial charge >= 0.3 is 0 Å². The molecule has 126 valence electrons. The molecular weight excluding hydrogens is 324 g/mol. The number of nitro benzene ring substituents is 1. The lowest BCUT2D eigenvalue weighted by Gasteiger charge is -2.12. The van der Waals surface area contributed by atoms with Crippen molar-refractivity contribution in [3.8, 4) is 11.4 Å². The number of non-ortho nitro benzene ring substituents is 1. The Morgan fingerprint density at radius 3 is 2.72 bits per heavy atom. The fourth-order valence-corrected chi connectivity index (χ4v) is 2.37. The van der Waals surface area contributed by atoms with Gasteiger partial charge in [0.15, 0.2) is 0 Å². The summed E-state index contributed by atoms with van der Waals surface area (Å²) in [5, 5.41) is 17.8. The van der Waals surface area contributed by atoms with Gasteiger partial charge in [-0.25, -0.2) is 4.68 Å². The lowest BCUT2D eigenvalue weighted by atomic mass is 10.1. The van der Waals surface area contributed by atoms with E-state index in [9.17, 15) is 14.9 Å². The van der Waals surface area contributed by atoms with Gasteiger partial charge in [-0.1, -0.05) is 12.1 Å². The second kappa shape index (κ2) is 6.83. The van der Waals surface area contributed by atoms with Crippen molar-refractivity contribution in [1.82, 2.24) is 9.78 Å². The third-order valence-electron chi connectivity index (χ3n) is 3.54. The van der Waals surface area contributed by atoms with Crippen LogP contribution in [0.2, 0.25) is 0 Å². The van der Waals surface area contributed by atoms with Gasteiger partial charge < -0.3 is 10.1 Å². The van der Waals surface area contributed by atoms with Crippen molar-refractivity contribution in [2.75, 3.05) is 12.4 Å². The molecule has 25 heavy (non-hydrogen) atoms. The smallest absolute Gasteiger partial charge is 0.271 e. The molecule has 0 atom stereocenters. The van der Waals surface area contributed by atoms with E-state index in [-0.39, 0.29) is 11.4 Å². The van der Waals surface area contributed by atoms with Crippen LogP contribution in [0.15, 0.2) is 60.9 Å². The van der Waals surface area contributed by atoms with Crippen LogP contribution < -0.4 is 10.1 Å². The number of carbonyl (C=O) groups excluding carboxylic acids is 1. The molecule has 0 aliphatic rings. The molecule has 1 N–H and O–H groups in total. The highest BCUT2D eigenvalue weighted by molar-refractivity contribution is 6.07. The van der Waals surface area contributed by atoms with Gasteiger partial charge in [-0.3, -0.25) is 14.9 Å². The SMILES string of the molecule is COc1ccc([N+](=O)[O-])cc1NC(=O)c1ccccc1-n1cccn1. The number of ether oxygens (including phenoxy) is 1. The first-order valence-electron chi connectivity index (χ1n) is 7.33. The number of benzene rings is 2. The summed E-state index contributed by atoms with van der Waals surface area (Å²) in [7, 11) is 1.43. The molecule has 0 fully saturated rings. The van der Waals surface area contributed by atoms with Crippen LogP contribution in [0.5, 0.6) is 5.75 Å². The first-order chi connectivity index (χ1) is 12.1. The van der Waals surface area contributed by atoms with E-state index in [4.69, 9.17) is 4.74 Å². The van der Waals surface area contributed by atoms with Crippen LogP contribution in [0.25, 0.3) is 5.69 Å². The summed E-state index contributed by atoms with van der Waals surface area (Å²) in [5.41, 5.74) is 1.04. The summed E-state index contributed by atoms with van der Waals surface area (Å²) in [6.07, 6.45) is 3.33. The maximum atomic E-state index is 12.7. The minimum Gasteiger partial charge on any atom is -0.495 e. The van der Waals surface area contributed by atoms with Crippen molar-refractivity contribution in [2.24, 2.45) is 0 Å². The lowest BCUT2D eigenvalue weighted by Crippen LogP contribution is -2.16. The Morgan fingerprint density at radius 1 is 1.24 bits per heavy atom. The summed E-state index contributed by atoms with van der Waals surface area (Å²) in [6.45, 7) is 0. The average Bonchev–Trinajstić information content (AvgIpc) is 3.16. The molecule has 3 aromatic rings. The molecule has 2 aromatic carbocycles. The quantitative estimate of drug-likeness (QED) is 0.569. The molecule has 1 aromatic heterocycles. The maximum absolute atomic E-state index is 12.7. The van der Waals surface area contributed by atoms with Crippen LogP contribution in [-0.2, 0) is 0 Å². The fourth-order valence-electron chi connectivity index (χ4n) is 2.37. The zero-order chi connectivity index (χ0) is 17.8. The van der Waals surface area contributed by atoms with Gasteiger partial charge in [0.05, 0.1) is 29.0 Å². The van der Waals surface area contributed by atoms with Crippen LogP contribution in [0.3, 0.4) is 0 Å². The van der Waals surface area contributed by atoms with E-state index in [1.54, 1.807) is 47.4 Å². The van der Waals surface area contributed by atoms with Gasteiger partial charge in [0.25, 0.3) is 11.6 Å². The van der Waals surface area contributed by atoms with Crippen molar-refractivity contribution in [3.63, 3.8) is 0 Å². The Hall–Kier alpha value is -3.68. The van der Waals surface area contributed by atoms with Crippen molar-refractivity contribution < 1.29 is 14.5 Å². The average molecular weight is 338 g/mol. The normalized spacial score (nSPS) is 10.3. The second-order valence-corrected chi connectivity index (χ2v) is 5.06. The van der Waals surface area contributed by atoms with Crippen molar-refractivity contribution in [1.29, 1.82) is 0 Å². The number of hydrogen-bond donors (Lipinski definition) is 1. The number of aromatic nitrogens is 2. The van der Waals surface area contributed by atoms with E-state index in [2.05, 4.69) is 10.4 Å². The van der Waals surface area contributed by atoms with Crippen LogP contribution in [0.1, 0.15) is 10.4 Å². The Balaban J connectivity index is 1.96. The molecule has 0 aliphatic heterocycles. The van der Waals surface area contributed by atoms with Crippen LogP contribution >= 0.6 is 0 Å². The first-order valence-corrected chi connectivity index (χ1v) is 7.33. The van der Waals surface area contributed by atoms with Gasteiger partial charge in [-0.15, -0.1) is 0 Å². The van der Waals surface area contributed by atoms with Crippen LogP contribution in [0.4, 0.5) is 11.4 Å². The van der Waals surface area contributed by atoms with Gasteiger partial charge in [-0.05, 0) is 24.3 Å². The van der Waals surface area contributed by atoms with Gasteiger partial charge in [0.2, 0.25) is 0 Å². The topological polar surface area (TPSA) is 99.3 Å². The number of carbonyl (C=O) groups is 1. The van der Waals surface area contributed by atoms with Crippen molar-refractivity contribution >= 4 is 17.3 Å². The van der Waals surface area contributed by atoms with Gasteiger partial charge in [0.1, 0.15) is 5.75 Å². The molecule has 0 saturated carbocycles. The summed E-state index contributed by atoms with van der Waals surface area (Å²) in [4.78, 5) is 23.1. The highest BCUT2D eigenvalue weighted by Gasteiger charge is 2.17. The van der Waals surface area contributed by atoms with E-state index in [0.29, 0.717) is 17.0 Å². The molecule has 0 spiro atoms. The van der Waals surface area contributed by atoms with E-state index in [1.807, 2.05) is 0 Å². The number of nitrogens with one attached hydrogen (secondary N) is 1. The lowest BCUT2D eigenvalue weighted by molar-refractivity contribution is -0.384. The van der Waals surface area contributed by atoms with Crippen LogP contribution in [0, 0.1) is 10.1 Å². The molecule has 0 saturated heterocycles. The van der Waals surface area contributed by atoms with E-state index in [1.165, 1.54) is 25.3 Å². The fraction of sp³-hybridized carbons (Fsp3) is 0.0588. The van der Waals surface area contributed by atoms with Gasteiger partial charge in [-0.2, -0.15) is 5.10 Å². The van der Waals surface area contributed by atoms with Crippen molar-refractivity contribution in [2.45, 2.75) is 0 Å². The van der Waals surface area contributed by atoms with Crippen LogP contribution in [-0.4, -0.2) is 27.7 Å². The molecule has 0 unspecified atom stereocenters. The van der Waals surface area contributed by atoms with E-state index < -0.39 is 10.8 Å². The molecule has 0 radical (unpaired) electrons. The van der Waals surface area contributed by atoms with E-state index in [0.717, 1.165) is 0 Å². The number of amides is 1. The second-order valence-electron chi connectivity index (χ2n) is 5.06. The Morgan fingerprint density at radius 2 is 2.04 bits per heavy atom. The third-order valence-corrected chi connectivity index (χ3v) is 3.54. The molecular formula is C17H14N4O4. The number of anilines is 1. The largest absolute Gasteiger partial charge is 0.495 e. The summed E-state index contributed by atoms with van der Waals surface area (Å²) in [5.74, 6) is -0.0968. The monoisotopic (exact) mass is 338 g/mol. The summed E-state index contributed by atoms with van der Waals surface area (Å²) < 4.78 is 6.73. The molecule has 1 heterocycles. The number of nitro groups is 1. The number of rotatable bonds is 5. The van der Waals surface area contributed by atoms with Crippen molar-refractivity contribution in [3.05, 3.63) is 76.6 Å². The highest BCUT2D eigenvalue weighted by Crippen LogP contribution is 2.29. The zero-order valence-electron chi connectivity index (χ0n) is 13.2. The minimum absolute atomic E-state index is 0.142. The minimum atomic E-state index is -0.535. The Labute approximate surface area is 142 Å². The number of methoxy groups -OCH3 is 1. The predicted molar refractivity (Wildman–Crippen MR) is 91.2 cm³/mol. The maximum Gasteiger partial charge on any atom is 0.271 e. The summed E-state index contributed by atoms with van der Waals surface area (Å²) >= 11 is 0. The Bertz CT molecular complexity index is 922. The predicted octanol–water partition coefficient (Wildman–Crippen LogP) is 3.04. The number of para-hydroxylation sites is 1. The van der Waals surface area contributed by atoms with E-state index >= 15 is 0 Å². The number of hydrogen-bond acceptors (Lipinski definition) is 5. The highest BCUT2D eigenvalue weighted by atomic mass is 16.6. The zero-order valence-corrected chi connectivity index (χ0v) is 13.2. The Kier molecular flexibility index (Phi) is 4.42.